The standard InChI is InChI=1S/C24H28ClN7O/c1-3-5-11-21-22(25)31(14-6-4-2)24(33)32(21)16-17-12-13-20(26-15-17)18-9-7-8-10-19(18)23-27-29-30-28-23/h7-10,12-13,15H,3-6,11,14,16H2,1-2H3,(H,27,28,29,30). The van der Waals surface area contributed by atoms with Crippen molar-refractivity contribution in [1.29, 1.82) is 0 Å². The Kier molecular flexibility index (Phi) is 7.34. The maximum Gasteiger partial charge on any atom is 0.329 e. The van der Waals surface area contributed by atoms with Gasteiger partial charge in [0.2, 0.25) is 0 Å². The molecule has 0 unspecified atom stereocenters. The number of aromatic nitrogens is 7. The number of aromatic amines is 1. The Morgan fingerprint density at radius 2 is 1.79 bits per heavy atom. The number of imidazole rings is 1. The average molecular weight is 466 g/mol. The maximum absolute atomic E-state index is 13.1. The molecule has 4 aromatic rings. The van der Waals surface area contributed by atoms with E-state index in [-0.39, 0.29) is 5.69 Å². The number of nitrogens with zero attached hydrogens (tertiary/aromatic N) is 6. The summed E-state index contributed by atoms with van der Waals surface area (Å²) in [7, 11) is 0. The van der Waals surface area contributed by atoms with Crippen molar-refractivity contribution >= 4 is 11.6 Å². The van der Waals surface area contributed by atoms with E-state index < -0.39 is 0 Å². The molecule has 0 spiro atoms. The van der Waals surface area contributed by atoms with E-state index in [4.69, 9.17) is 11.6 Å². The lowest BCUT2D eigenvalue weighted by Gasteiger charge is -2.09. The van der Waals surface area contributed by atoms with Crippen LogP contribution in [0.3, 0.4) is 0 Å². The van der Waals surface area contributed by atoms with Gasteiger partial charge < -0.3 is 0 Å². The first kappa shape index (κ1) is 22.9. The molecule has 0 aliphatic heterocycles. The molecule has 0 aliphatic carbocycles. The highest BCUT2D eigenvalue weighted by Gasteiger charge is 2.18. The van der Waals surface area contributed by atoms with Gasteiger partial charge in [-0.25, -0.2) is 9.89 Å². The van der Waals surface area contributed by atoms with Crippen LogP contribution in [-0.4, -0.2) is 34.7 Å². The van der Waals surface area contributed by atoms with Crippen LogP contribution < -0.4 is 5.69 Å². The molecule has 0 amide bonds. The zero-order chi connectivity index (χ0) is 23.2. The van der Waals surface area contributed by atoms with Crippen LogP contribution >= 0.6 is 11.6 Å². The Morgan fingerprint density at radius 3 is 2.45 bits per heavy atom. The van der Waals surface area contributed by atoms with Crippen molar-refractivity contribution < 1.29 is 0 Å². The predicted octanol–water partition coefficient (Wildman–Crippen LogP) is 4.74. The molecule has 8 nitrogen and oxygen atoms in total. The topological polar surface area (TPSA) is 94.3 Å². The summed E-state index contributed by atoms with van der Waals surface area (Å²) < 4.78 is 3.51. The van der Waals surface area contributed by atoms with Gasteiger partial charge in [0.25, 0.3) is 0 Å². The van der Waals surface area contributed by atoms with E-state index in [0.29, 0.717) is 24.1 Å². The van der Waals surface area contributed by atoms with Crippen LogP contribution in [0.1, 0.15) is 50.8 Å². The van der Waals surface area contributed by atoms with E-state index in [1.54, 1.807) is 9.13 Å². The largest absolute Gasteiger partial charge is 0.329 e. The summed E-state index contributed by atoms with van der Waals surface area (Å²) in [5, 5.41) is 14.7. The molecule has 33 heavy (non-hydrogen) atoms. The monoisotopic (exact) mass is 465 g/mol. The summed E-state index contributed by atoms with van der Waals surface area (Å²) >= 11 is 6.65. The molecule has 0 radical (unpaired) electrons. The molecule has 0 saturated carbocycles. The number of hydrogen-bond donors (Lipinski definition) is 1. The summed E-state index contributed by atoms with van der Waals surface area (Å²) in [6.45, 7) is 5.33. The normalized spacial score (nSPS) is 11.2. The predicted molar refractivity (Wildman–Crippen MR) is 129 cm³/mol. The van der Waals surface area contributed by atoms with E-state index in [0.717, 1.165) is 60.2 Å². The Hall–Kier alpha value is -3.26. The third-order valence-electron chi connectivity index (χ3n) is 5.73. The highest BCUT2D eigenvalue weighted by Crippen LogP contribution is 2.28. The van der Waals surface area contributed by atoms with E-state index in [1.165, 1.54) is 0 Å². The number of hydrogen-bond acceptors (Lipinski definition) is 5. The van der Waals surface area contributed by atoms with Gasteiger partial charge in [0.1, 0.15) is 5.15 Å². The van der Waals surface area contributed by atoms with Gasteiger partial charge in [0.15, 0.2) is 5.82 Å². The minimum absolute atomic E-state index is 0.0493. The summed E-state index contributed by atoms with van der Waals surface area (Å²) in [4.78, 5) is 17.8. The van der Waals surface area contributed by atoms with Crippen molar-refractivity contribution in [3.8, 4) is 22.6 Å². The van der Waals surface area contributed by atoms with Crippen LogP contribution in [0.5, 0.6) is 0 Å². The second-order valence-electron chi connectivity index (χ2n) is 8.06. The molecule has 4 rings (SSSR count). The van der Waals surface area contributed by atoms with Gasteiger partial charge in [0.05, 0.1) is 17.9 Å². The second kappa shape index (κ2) is 10.6. The molecular formula is C24H28ClN7O. The quantitative estimate of drug-likeness (QED) is 0.365. The Balaban J connectivity index is 1.64. The van der Waals surface area contributed by atoms with E-state index in [1.807, 2.05) is 42.6 Å². The fraction of sp³-hybridized carbons (Fsp3) is 0.375. The zero-order valence-electron chi connectivity index (χ0n) is 19.0. The Morgan fingerprint density at radius 1 is 1.00 bits per heavy atom. The van der Waals surface area contributed by atoms with E-state index >= 15 is 0 Å². The summed E-state index contributed by atoms with van der Waals surface area (Å²) in [5.74, 6) is 0.589. The van der Waals surface area contributed by atoms with Crippen LogP contribution in [-0.2, 0) is 19.5 Å². The number of unbranched alkanes of at least 4 members (excludes halogenated alkanes) is 2. The number of benzene rings is 1. The molecule has 0 fully saturated rings. The van der Waals surface area contributed by atoms with Crippen molar-refractivity contribution in [3.63, 3.8) is 0 Å². The SMILES string of the molecule is CCCCc1c(Cl)n(CCCC)c(=O)n1Cc1ccc(-c2ccccc2-c2nnn[nH]2)nc1. The van der Waals surface area contributed by atoms with Crippen molar-refractivity contribution in [3.05, 3.63) is 69.5 Å². The second-order valence-corrected chi connectivity index (χ2v) is 8.42. The fourth-order valence-electron chi connectivity index (χ4n) is 3.91. The molecule has 0 saturated heterocycles. The molecule has 3 aromatic heterocycles. The Bertz CT molecular complexity index is 1240. The van der Waals surface area contributed by atoms with E-state index in [2.05, 4.69) is 39.5 Å². The third-order valence-corrected chi connectivity index (χ3v) is 6.16. The summed E-state index contributed by atoms with van der Waals surface area (Å²) in [6.07, 6.45) is 6.57. The van der Waals surface area contributed by atoms with Gasteiger partial charge in [-0.05, 0) is 41.3 Å². The van der Waals surface area contributed by atoms with Gasteiger partial charge in [-0.1, -0.05) is 68.6 Å². The van der Waals surface area contributed by atoms with Crippen molar-refractivity contribution in [1.82, 2.24) is 34.7 Å². The number of halogens is 1. The molecule has 9 heteroatoms. The highest BCUT2D eigenvalue weighted by atomic mass is 35.5. The molecule has 0 atom stereocenters. The lowest BCUT2D eigenvalue weighted by Crippen LogP contribution is -2.26. The molecule has 1 aromatic carbocycles. The van der Waals surface area contributed by atoms with Crippen LogP contribution in [0.15, 0.2) is 47.4 Å². The van der Waals surface area contributed by atoms with Crippen molar-refractivity contribution in [2.45, 2.75) is 59.0 Å². The lowest BCUT2D eigenvalue weighted by atomic mass is 10.0. The van der Waals surface area contributed by atoms with Crippen molar-refractivity contribution in [2.24, 2.45) is 0 Å². The van der Waals surface area contributed by atoms with Crippen LogP contribution in [0.4, 0.5) is 0 Å². The summed E-state index contributed by atoms with van der Waals surface area (Å²) in [5.41, 5.74) is 4.42. The molecule has 1 N–H and O–H groups in total. The first-order valence-corrected chi connectivity index (χ1v) is 11.8. The molecule has 172 valence electrons. The number of pyridine rings is 1. The lowest BCUT2D eigenvalue weighted by molar-refractivity contribution is 0.591. The van der Waals surface area contributed by atoms with Crippen LogP contribution in [0, 0.1) is 0 Å². The van der Waals surface area contributed by atoms with Crippen LogP contribution in [0.25, 0.3) is 22.6 Å². The maximum atomic E-state index is 13.1. The first-order chi connectivity index (χ1) is 16.1. The van der Waals surface area contributed by atoms with Gasteiger partial charge in [-0.3, -0.25) is 14.1 Å². The van der Waals surface area contributed by atoms with Gasteiger partial charge in [-0.15, -0.1) is 5.10 Å². The molecular weight excluding hydrogens is 438 g/mol. The molecule has 0 bridgehead atoms. The molecule has 3 heterocycles. The van der Waals surface area contributed by atoms with Gasteiger partial charge >= 0.3 is 5.69 Å². The van der Waals surface area contributed by atoms with Crippen molar-refractivity contribution in [2.75, 3.05) is 0 Å². The number of tetrazole rings is 1. The minimum atomic E-state index is -0.0493. The average Bonchev–Trinajstić information content (AvgIpc) is 3.45. The number of H-pyrrole nitrogens is 1. The smallest absolute Gasteiger partial charge is 0.290 e. The zero-order valence-corrected chi connectivity index (χ0v) is 19.7. The highest BCUT2D eigenvalue weighted by molar-refractivity contribution is 6.30. The van der Waals surface area contributed by atoms with Gasteiger partial charge in [0, 0.05) is 23.9 Å². The third kappa shape index (κ3) is 4.90. The molecule has 0 aliphatic rings. The Labute approximate surface area is 197 Å². The van der Waals surface area contributed by atoms with Gasteiger partial charge in [-0.2, -0.15) is 0 Å². The number of rotatable bonds is 10. The van der Waals surface area contributed by atoms with E-state index in [9.17, 15) is 4.79 Å². The first-order valence-electron chi connectivity index (χ1n) is 11.4. The summed E-state index contributed by atoms with van der Waals surface area (Å²) in [6, 6.07) is 11.8. The minimum Gasteiger partial charge on any atom is -0.290 e. The van der Waals surface area contributed by atoms with Crippen LogP contribution in [0.2, 0.25) is 5.15 Å². The fourth-order valence-corrected chi connectivity index (χ4v) is 4.27. The number of nitrogens with one attached hydrogen (secondary N) is 1.